The van der Waals surface area contributed by atoms with E-state index in [9.17, 15) is 0 Å². The molecule has 0 heterocycles. The van der Waals surface area contributed by atoms with Gasteiger partial charge in [-0.25, -0.2) is 0 Å². The molecule has 0 saturated heterocycles. The molecule has 0 bridgehead atoms. The first-order valence-corrected chi connectivity index (χ1v) is 5.21. The smallest absolute Gasteiger partial charge is 0.122 e. The van der Waals surface area contributed by atoms with Gasteiger partial charge in [0.15, 0.2) is 0 Å². The summed E-state index contributed by atoms with van der Waals surface area (Å²) in [4.78, 5) is 0. The maximum Gasteiger partial charge on any atom is 0.122 e. The van der Waals surface area contributed by atoms with Gasteiger partial charge in [-0.1, -0.05) is 45.4 Å². The van der Waals surface area contributed by atoms with Gasteiger partial charge >= 0.3 is 0 Å². The molecule has 0 unspecified atom stereocenters. The van der Waals surface area contributed by atoms with Gasteiger partial charge < -0.3 is 4.74 Å². The highest BCUT2D eigenvalue weighted by Gasteiger charge is 2.17. The van der Waals surface area contributed by atoms with E-state index in [1.54, 1.807) is 7.11 Å². The highest BCUT2D eigenvalue weighted by atomic mass is 16.5. The molecule has 1 heteroatoms. The van der Waals surface area contributed by atoms with Gasteiger partial charge in [0.2, 0.25) is 0 Å². The molecular weight excluding hydrogens is 172 g/mol. The first-order valence-electron chi connectivity index (χ1n) is 5.21. The van der Waals surface area contributed by atoms with Crippen LogP contribution in [0, 0.1) is 5.41 Å². The molecule has 14 heavy (non-hydrogen) atoms. The van der Waals surface area contributed by atoms with E-state index < -0.39 is 0 Å². The molecule has 0 saturated carbocycles. The SMILES string of the molecule is CCC(C)(C)Cc1ccccc1OC. The maximum absolute atomic E-state index is 5.34. The molecule has 0 atom stereocenters. The van der Waals surface area contributed by atoms with Crippen LogP contribution in [0.1, 0.15) is 32.8 Å². The van der Waals surface area contributed by atoms with Crippen molar-refractivity contribution in [3.8, 4) is 5.75 Å². The molecule has 78 valence electrons. The van der Waals surface area contributed by atoms with E-state index in [-0.39, 0.29) is 0 Å². The molecule has 0 aliphatic rings. The third kappa shape index (κ3) is 2.76. The standard InChI is InChI=1S/C13H20O/c1-5-13(2,3)10-11-8-6-7-9-12(11)14-4/h6-9H,5,10H2,1-4H3. The molecule has 1 rings (SSSR count). The lowest BCUT2D eigenvalue weighted by atomic mass is 9.83. The van der Waals surface area contributed by atoms with E-state index >= 15 is 0 Å². The zero-order valence-corrected chi connectivity index (χ0v) is 9.63. The third-order valence-corrected chi connectivity index (χ3v) is 2.82. The Bertz CT molecular complexity index is 289. The zero-order chi connectivity index (χ0) is 10.6. The summed E-state index contributed by atoms with van der Waals surface area (Å²) in [5, 5.41) is 0. The average Bonchev–Trinajstić information content (AvgIpc) is 2.18. The molecule has 0 radical (unpaired) electrons. The molecule has 0 spiro atoms. The molecule has 1 aromatic carbocycles. The fraction of sp³-hybridized carbons (Fsp3) is 0.538. The number of para-hydroxylation sites is 1. The fourth-order valence-electron chi connectivity index (χ4n) is 1.49. The van der Waals surface area contributed by atoms with E-state index in [1.165, 1.54) is 12.0 Å². The minimum atomic E-state index is 0.356. The lowest BCUT2D eigenvalue weighted by Crippen LogP contribution is -2.13. The van der Waals surface area contributed by atoms with E-state index in [1.807, 2.05) is 12.1 Å². The Hall–Kier alpha value is -0.980. The van der Waals surface area contributed by atoms with Gasteiger partial charge in [0.05, 0.1) is 7.11 Å². The predicted octanol–water partition coefficient (Wildman–Crippen LogP) is 3.67. The third-order valence-electron chi connectivity index (χ3n) is 2.82. The van der Waals surface area contributed by atoms with E-state index in [2.05, 4.69) is 32.9 Å². The summed E-state index contributed by atoms with van der Waals surface area (Å²) in [5.41, 5.74) is 1.66. The Kier molecular flexibility index (Phi) is 3.56. The Morgan fingerprint density at radius 3 is 2.43 bits per heavy atom. The van der Waals surface area contributed by atoms with Gasteiger partial charge in [0, 0.05) is 0 Å². The largest absolute Gasteiger partial charge is 0.496 e. The molecule has 0 N–H and O–H groups in total. The lowest BCUT2D eigenvalue weighted by Gasteiger charge is -2.23. The predicted molar refractivity (Wildman–Crippen MR) is 60.8 cm³/mol. The van der Waals surface area contributed by atoms with Crippen molar-refractivity contribution in [1.29, 1.82) is 0 Å². The van der Waals surface area contributed by atoms with Crippen LogP contribution in [0.2, 0.25) is 0 Å². The average molecular weight is 192 g/mol. The summed E-state index contributed by atoms with van der Waals surface area (Å²) >= 11 is 0. The maximum atomic E-state index is 5.34. The molecule has 0 fully saturated rings. The zero-order valence-electron chi connectivity index (χ0n) is 9.63. The normalized spacial score (nSPS) is 11.4. The fourth-order valence-corrected chi connectivity index (χ4v) is 1.49. The topological polar surface area (TPSA) is 9.23 Å². The molecule has 1 nitrogen and oxygen atoms in total. The van der Waals surface area contributed by atoms with Gasteiger partial charge in [-0.15, -0.1) is 0 Å². The van der Waals surface area contributed by atoms with Crippen LogP contribution < -0.4 is 4.74 Å². The summed E-state index contributed by atoms with van der Waals surface area (Å²) in [6, 6.07) is 8.27. The minimum absolute atomic E-state index is 0.356. The highest BCUT2D eigenvalue weighted by molar-refractivity contribution is 5.33. The van der Waals surface area contributed by atoms with Gasteiger partial charge in [-0.05, 0) is 23.5 Å². The highest BCUT2D eigenvalue weighted by Crippen LogP contribution is 2.29. The van der Waals surface area contributed by atoms with Crippen molar-refractivity contribution >= 4 is 0 Å². The summed E-state index contributed by atoms with van der Waals surface area (Å²) in [5.74, 6) is 1.01. The van der Waals surface area contributed by atoms with E-state index in [4.69, 9.17) is 4.74 Å². The summed E-state index contributed by atoms with van der Waals surface area (Å²) in [6.07, 6.45) is 2.26. The number of hydrogen-bond donors (Lipinski definition) is 0. The van der Waals surface area contributed by atoms with Crippen molar-refractivity contribution in [1.82, 2.24) is 0 Å². The Morgan fingerprint density at radius 2 is 1.86 bits per heavy atom. The van der Waals surface area contributed by atoms with E-state index in [0.29, 0.717) is 5.41 Å². The number of rotatable bonds is 4. The van der Waals surface area contributed by atoms with Crippen LogP contribution in [0.3, 0.4) is 0 Å². The number of hydrogen-bond acceptors (Lipinski definition) is 1. The van der Waals surface area contributed by atoms with Gasteiger partial charge in [0.1, 0.15) is 5.75 Å². The van der Waals surface area contributed by atoms with Crippen molar-refractivity contribution in [2.24, 2.45) is 5.41 Å². The molecular formula is C13H20O. The van der Waals surface area contributed by atoms with Crippen LogP contribution >= 0.6 is 0 Å². The van der Waals surface area contributed by atoms with Gasteiger partial charge in [0.25, 0.3) is 0 Å². The minimum Gasteiger partial charge on any atom is -0.496 e. The monoisotopic (exact) mass is 192 g/mol. The van der Waals surface area contributed by atoms with Crippen molar-refractivity contribution in [3.05, 3.63) is 29.8 Å². The second kappa shape index (κ2) is 4.50. The van der Waals surface area contributed by atoms with Crippen LogP contribution in [-0.4, -0.2) is 7.11 Å². The van der Waals surface area contributed by atoms with Crippen LogP contribution in [-0.2, 0) is 6.42 Å². The number of methoxy groups -OCH3 is 1. The molecule has 1 aromatic rings. The second-order valence-corrected chi connectivity index (χ2v) is 4.51. The van der Waals surface area contributed by atoms with Crippen LogP contribution in [0.4, 0.5) is 0 Å². The van der Waals surface area contributed by atoms with Crippen LogP contribution in [0.15, 0.2) is 24.3 Å². The first kappa shape index (κ1) is 11.1. The van der Waals surface area contributed by atoms with Crippen molar-refractivity contribution in [2.75, 3.05) is 7.11 Å². The molecule has 0 aliphatic heterocycles. The second-order valence-electron chi connectivity index (χ2n) is 4.51. The van der Waals surface area contributed by atoms with Crippen molar-refractivity contribution in [3.63, 3.8) is 0 Å². The number of benzene rings is 1. The van der Waals surface area contributed by atoms with Crippen molar-refractivity contribution < 1.29 is 4.74 Å². The summed E-state index contributed by atoms with van der Waals surface area (Å²) in [7, 11) is 1.73. The molecule has 0 aliphatic carbocycles. The summed E-state index contributed by atoms with van der Waals surface area (Å²) in [6.45, 7) is 6.81. The Morgan fingerprint density at radius 1 is 1.21 bits per heavy atom. The quantitative estimate of drug-likeness (QED) is 0.707. The Labute approximate surface area is 87.1 Å². The van der Waals surface area contributed by atoms with Crippen LogP contribution in [0.25, 0.3) is 0 Å². The molecule has 0 amide bonds. The summed E-state index contributed by atoms with van der Waals surface area (Å²) < 4.78 is 5.34. The van der Waals surface area contributed by atoms with Gasteiger partial charge in [-0.2, -0.15) is 0 Å². The van der Waals surface area contributed by atoms with Crippen LogP contribution in [0.5, 0.6) is 5.75 Å². The Balaban J connectivity index is 2.85. The lowest BCUT2D eigenvalue weighted by molar-refractivity contribution is 0.337. The number of ether oxygens (including phenoxy) is 1. The first-order chi connectivity index (χ1) is 6.59. The van der Waals surface area contributed by atoms with Crippen molar-refractivity contribution in [2.45, 2.75) is 33.6 Å². The van der Waals surface area contributed by atoms with Gasteiger partial charge in [-0.3, -0.25) is 0 Å². The van der Waals surface area contributed by atoms with E-state index in [0.717, 1.165) is 12.2 Å². The molecule has 0 aromatic heterocycles.